The fourth-order valence-electron chi connectivity index (χ4n) is 1.74. The largest absolute Gasteiger partial charge is 0.406 e. The first-order chi connectivity index (χ1) is 8.29. The van der Waals surface area contributed by atoms with E-state index in [0.29, 0.717) is 17.9 Å². The molecule has 6 heteroatoms. The molecule has 1 aromatic heterocycles. The van der Waals surface area contributed by atoms with Gasteiger partial charge in [-0.25, -0.2) is 0 Å². The molecular formula is C11H20N4OS. The van der Waals surface area contributed by atoms with Gasteiger partial charge in [-0.05, 0) is 32.1 Å². The van der Waals surface area contributed by atoms with Gasteiger partial charge in [-0.1, -0.05) is 12.0 Å². The normalized spacial score (nSPS) is 21.6. The second-order valence-corrected chi connectivity index (χ2v) is 5.48. The summed E-state index contributed by atoms with van der Waals surface area (Å²) in [6.45, 7) is 5.14. The van der Waals surface area contributed by atoms with E-state index in [-0.39, 0.29) is 6.04 Å². The van der Waals surface area contributed by atoms with Crippen LogP contribution in [-0.4, -0.2) is 34.3 Å². The summed E-state index contributed by atoms with van der Waals surface area (Å²) in [6, 6.07) is 1.15. The Morgan fingerprint density at radius 1 is 1.53 bits per heavy atom. The van der Waals surface area contributed by atoms with Gasteiger partial charge in [0, 0.05) is 11.8 Å². The summed E-state index contributed by atoms with van der Waals surface area (Å²) < 4.78 is 5.60. The zero-order valence-corrected chi connectivity index (χ0v) is 11.2. The first-order valence-corrected chi connectivity index (χ1v) is 7.36. The zero-order valence-electron chi connectivity index (χ0n) is 10.4. The maximum atomic E-state index is 5.60. The molecule has 2 unspecified atom stereocenters. The molecule has 0 spiro atoms. The fourth-order valence-corrected chi connectivity index (χ4v) is 2.89. The lowest BCUT2D eigenvalue weighted by Crippen LogP contribution is -2.19. The molecule has 0 aliphatic carbocycles. The second-order valence-electron chi connectivity index (χ2n) is 4.33. The van der Waals surface area contributed by atoms with Gasteiger partial charge in [0.1, 0.15) is 0 Å². The summed E-state index contributed by atoms with van der Waals surface area (Å²) >= 11 is 1.96. The van der Waals surface area contributed by atoms with Gasteiger partial charge in [0.05, 0.1) is 6.04 Å². The molecule has 1 fully saturated rings. The number of anilines is 1. The van der Waals surface area contributed by atoms with E-state index >= 15 is 0 Å². The number of nitrogens with zero attached hydrogens (tertiary/aromatic N) is 2. The Hall–Kier alpha value is -0.750. The van der Waals surface area contributed by atoms with E-state index in [1.54, 1.807) is 0 Å². The van der Waals surface area contributed by atoms with E-state index < -0.39 is 0 Å². The van der Waals surface area contributed by atoms with Crippen molar-refractivity contribution in [3.63, 3.8) is 0 Å². The SMILES string of the molecule is CCCNC(C)c1nnc(NC2CCSC2)o1. The smallest absolute Gasteiger partial charge is 0.315 e. The van der Waals surface area contributed by atoms with Crippen molar-refractivity contribution in [1.82, 2.24) is 15.5 Å². The van der Waals surface area contributed by atoms with Crippen LogP contribution in [0.3, 0.4) is 0 Å². The van der Waals surface area contributed by atoms with E-state index in [1.807, 2.05) is 18.7 Å². The van der Waals surface area contributed by atoms with Crippen LogP contribution in [0.15, 0.2) is 4.42 Å². The Kier molecular flexibility index (Phi) is 4.67. The van der Waals surface area contributed by atoms with E-state index in [0.717, 1.165) is 18.7 Å². The molecule has 17 heavy (non-hydrogen) atoms. The van der Waals surface area contributed by atoms with Gasteiger partial charge in [0.15, 0.2) is 0 Å². The van der Waals surface area contributed by atoms with Crippen LogP contribution in [0.4, 0.5) is 6.01 Å². The monoisotopic (exact) mass is 256 g/mol. The first-order valence-electron chi connectivity index (χ1n) is 6.20. The number of thioether (sulfide) groups is 1. The van der Waals surface area contributed by atoms with Gasteiger partial charge >= 0.3 is 6.01 Å². The first kappa shape index (κ1) is 12.7. The highest BCUT2D eigenvalue weighted by Crippen LogP contribution is 2.21. The number of hydrogen-bond donors (Lipinski definition) is 2. The third-order valence-electron chi connectivity index (χ3n) is 2.77. The van der Waals surface area contributed by atoms with Gasteiger partial charge in [0.25, 0.3) is 0 Å². The van der Waals surface area contributed by atoms with Crippen molar-refractivity contribution in [1.29, 1.82) is 0 Å². The van der Waals surface area contributed by atoms with Gasteiger partial charge < -0.3 is 15.1 Å². The van der Waals surface area contributed by atoms with Crippen molar-refractivity contribution >= 4 is 17.8 Å². The highest BCUT2D eigenvalue weighted by Gasteiger charge is 2.19. The minimum absolute atomic E-state index is 0.121. The quantitative estimate of drug-likeness (QED) is 0.812. The third-order valence-corrected chi connectivity index (χ3v) is 3.93. The summed E-state index contributed by atoms with van der Waals surface area (Å²) in [5.41, 5.74) is 0. The topological polar surface area (TPSA) is 63.0 Å². The van der Waals surface area contributed by atoms with Crippen molar-refractivity contribution in [2.75, 3.05) is 23.4 Å². The van der Waals surface area contributed by atoms with Crippen molar-refractivity contribution in [2.45, 2.75) is 38.8 Å². The standard InChI is InChI=1S/C11H20N4OS/c1-3-5-12-8(2)10-14-15-11(16-10)13-9-4-6-17-7-9/h8-9,12H,3-7H2,1-2H3,(H,13,15). The van der Waals surface area contributed by atoms with E-state index in [9.17, 15) is 0 Å². The zero-order chi connectivity index (χ0) is 12.1. The summed E-state index contributed by atoms with van der Waals surface area (Å²) in [4.78, 5) is 0. The maximum Gasteiger partial charge on any atom is 0.315 e. The van der Waals surface area contributed by atoms with E-state index in [2.05, 4.69) is 27.8 Å². The Balaban J connectivity index is 1.86. The average molecular weight is 256 g/mol. The molecule has 0 aromatic carbocycles. The second kappa shape index (κ2) is 6.26. The van der Waals surface area contributed by atoms with Crippen LogP contribution in [0.25, 0.3) is 0 Å². The Bertz CT molecular complexity index is 338. The molecule has 0 saturated carbocycles. The van der Waals surface area contributed by atoms with Crippen LogP contribution in [-0.2, 0) is 0 Å². The molecular weight excluding hydrogens is 236 g/mol. The molecule has 0 amide bonds. The van der Waals surface area contributed by atoms with E-state index in [1.165, 1.54) is 12.2 Å². The van der Waals surface area contributed by atoms with Crippen molar-refractivity contribution in [3.05, 3.63) is 5.89 Å². The van der Waals surface area contributed by atoms with Crippen LogP contribution < -0.4 is 10.6 Å². The van der Waals surface area contributed by atoms with Crippen molar-refractivity contribution in [3.8, 4) is 0 Å². The summed E-state index contributed by atoms with van der Waals surface area (Å²) in [5, 5.41) is 14.7. The highest BCUT2D eigenvalue weighted by atomic mass is 32.2. The molecule has 2 atom stereocenters. The predicted molar refractivity (Wildman–Crippen MR) is 70.4 cm³/mol. The van der Waals surface area contributed by atoms with Crippen LogP contribution >= 0.6 is 11.8 Å². The number of nitrogens with one attached hydrogen (secondary N) is 2. The van der Waals surface area contributed by atoms with Gasteiger partial charge in [-0.2, -0.15) is 11.8 Å². The number of rotatable bonds is 6. The van der Waals surface area contributed by atoms with Crippen LogP contribution in [0, 0.1) is 0 Å². The Morgan fingerprint density at radius 3 is 3.12 bits per heavy atom. The summed E-state index contributed by atoms with van der Waals surface area (Å²) in [7, 11) is 0. The fraction of sp³-hybridized carbons (Fsp3) is 0.818. The number of hydrogen-bond acceptors (Lipinski definition) is 6. The summed E-state index contributed by atoms with van der Waals surface area (Å²) in [5.74, 6) is 3.00. The number of aromatic nitrogens is 2. The van der Waals surface area contributed by atoms with Crippen LogP contribution in [0.5, 0.6) is 0 Å². The van der Waals surface area contributed by atoms with E-state index in [4.69, 9.17) is 4.42 Å². The van der Waals surface area contributed by atoms with Crippen molar-refractivity contribution < 1.29 is 4.42 Å². The lowest BCUT2D eigenvalue weighted by Gasteiger charge is -2.09. The van der Waals surface area contributed by atoms with Gasteiger partial charge in [-0.3, -0.25) is 0 Å². The summed E-state index contributed by atoms with van der Waals surface area (Å²) in [6.07, 6.45) is 2.27. The Labute approximate surface area is 106 Å². The molecule has 1 aliphatic rings. The van der Waals surface area contributed by atoms with Crippen molar-refractivity contribution in [2.24, 2.45) is 0 Å². The lowest BCUT2D eigenvalue weighted by molar-refractivity contribution is 0.421. The third kappa shape index (κ3) is 3.61. The predicted octanol–water partition coefficient (Wildman–Crippen LogP) is 2.05. The molecule has 1 saturated heterocycles. The minimum Gasteiger partial charge on any atom is -0.406 e. The molecule has 2 rings (SSSR count). The molecule has 1 aliphatic heterocycles. The molecule has 2 N–H and O–H groups in total. The van der Waals surface area contributed by atoms with Crippen LogP contribution in [0.2, 0.25) is 0 Å². The van der Waals surface area contributed by atoms with Crippen LogP contribution in [0.1, 0.15) is 38.6 Å². The average Bonchev–Trinajstić information content (AvgIpc) is 2.98. The molecule has 2 heterocycles. The Morgan fingerprint density at radius 2 is 2.41 bits per heavy atom. The molecule has 1 aromatic rings. The maximum absolute atomic E-state index is 5.60. The molecule has 0 bridgehead atoms. The van der Waals surface area contributed by atoms with Gasteiger partial charge in [0.2, 0.25) is 5.89 Å². The minimum atomic E-state index is 0.121. The molecule has 5 nitrogen and oxygen atoms in total. The molecule has 0 radical (unpaired) electrons. The lowest BCUT2D eigenvalue weighted by atomic mass is 10.3. The molecule has 96 valence electrons. The highest BCUT2D eigenvalue weighted by molar-refractivity contribution is 7.99. The van der Waals surface area contributed by atoms with Gasteiger partial charge in [-0.15, -0.1) is 5.10 Å².